The highest BCUT2D eigenvalue weighted by atomic mass is 32.2. The van der Waals surface area contributed by atoms with E-state index < -0.39 is 10.0 Å². The lowest BCUT2D eigenvalue weighted by Gasteiger charge is -2.43. The third-order valence-electron chi connectivity index (χ3n) is 6.13. The second-order valence-electron chi connectivity index (χ2n) is 8.13. The van der Waals surface area contributed by atoms with E-state index >= 15 is 0 Å². The summed E-state index contributed by atoms with van der Waals surface area (Å²) < 4.78 is 38.7. The molecule has 164 valence electrons. The van der Waals surface area contributed by atoms with Crippen LogP contribution >= 0.6 is 12.1 Å². The molecule has 1 fully saturated rings. The van der Waals surface area contributed by atoms with Crippen molar-refractivity contribution in [2.45, 2.75) is 38.8 Å². The van der Waals surface area contributed by atoms with Crippen LogP contribution in [0.15, 0.2) is 70.3 Å². The van der Waals surface area contributed by atoms with Crippen molar-refractivity contribution in [2.24, 2.45) is 0 Å². The van der Waals surface area contributed by atoms with Gasteiger partial charge in [-0.3, -0.25) is 9.21 Å². The summed E-state index contributed by atoms with van der Waals surface area (Å²) >= 11 is 1.34. The molecule has 1 amide bonds. The maximum atomic E-state index is 13.5. The number of cyclic esters (lactones) is 1. The van der Waals surface area contributed by atoms with Gasteiger partial charge < -0.3 is 9.46 Å². The highest BCUT2D eigenvalue weighted by Crippen LogP contribution is 2.38. The lowest BCUT2D eigenvalue weighted by molar-refractivity contribution is 0.0808. The molecule has 1 unspecified atom stereocenters. The minimum Gasteiger partial charge on any atom is -0.418 e. The Morgan fingerprint density at radius 1 is 1.19 bits per heavy atom. The maximum absolute atomic E-state index is 13.5. The zero-order chi connectivity index (χ0) is 21.8. The summed E-state index contributed by atoms with van der Waals surface area (Å²) in [4.78, 5) is 14.7. The number of rotatable bonds is 3. The monoisotopic (exact) mass is 460 g/mol. The number of nitrogens with zero attached hydrogens (tertiary/aromatic N) is 3. The van der Waals surface area contributed by atoms with Crippen LogP contribution < -0.4 is 4.72 Å². The van der Waals surface area contributed by atoms with Crippen LogP contribution in [0.2, 0.25) is 0 Å². The number of carbonyl (C=O) groups is 1. The minimum atomic E-state index is -3.66. The molecule has 5 rings (SSSR count). The van der Waals surface area contributed by atoms with Gasteiger partial charge in [0.1, 0.15) is 11.2 Å². The summed E-state index contributed by atoms with van der Waals surface area (Å²) in [7, 11) is -3.66. The van der Waals surface area contributed by atoms with Crippen LogP contribution in [0.4, 0.5) is 4.79 Å². The fourth-order valence-electron chi connectivity index (χ4n) is 4.59. The molecule has 5 aliphatic rings. The highest BCUT2D eigenvalue weighted by molar-refractivity contribution is 7.96. The Hall–Kier alpha value is -2.43. The first-order valence-corrected chi connectivity index (χ1v) is 12.4. The fourth-order valence-corrected chi connectivity index (χ4v) is 7.13. The van der Waals surface area contributed by atoms with Gasteiger partial charge in [0.2, 0.25) is 10.0 Å². The largest absolute Gasteiger partial charge is 0.418 e. The first-order chi connectivity index (χ1) is 14.9. The lowest BCUT2D eigenvalue weighted by atomic mass is 9.94. The third-order valence-corrected chi connectivity index (χ3v) is 8.96. The van der Waals surface area contributed by atoms with Crippen molar-refractivity contribution < 1.29 is 17.9 Å². The van der Waals surface area contributed by atoms with Gasteiger partial charge >= 0.3 is 6.09 Å². The number of amides is 1. The molecule has 0 radical (unpaired) electrons. The van der Waals surface area contributed by atoms with E-state index in [1.54, 1.807) is 11.1 Å². The summed E-state index contributed by atoms with van der Waals surface area (Å²) in [6.07, 6.45) is 13.7. The zero-order valence-corrected chi connectivity index (χ0v) is 18.9. The first-order valence-electron chi connectivity index (χ1n) is 10.2. The average Bonchev–Trinajstić information content (AvgIpc) is 3.22. The average molecular weight is 461 g/mol. The molecule has 0 aromatic carbocycles. The van der Waals surface area contributed by atoms with Gasteiger partial charge in [-0.05, 0) is 38.3 Å². The molecule has 1 atom stereocenters. The molecule has 10 heteroatoms. The predicted molar refractivity (Wildman–Crippen MR) is 119 cm³/mol. The van der Waals surface area contributed by atoms with Crippen molar-refractivity contribution in [3.8, 4) is 0 Å². The van der Waals surface area contributed by atoms with Crippen molar-refractivity contribution in [3.05, 3.63) is 70.3 Å². The SMILES string of the molecule is CC1=CC2=COC(=O)N(C3CCN(S(=O)(=O)C4=C(C)C=CN5SNC=C45)CC3)C2C=C1. The summed E-state index contributed by atoms with van der Waals surface area (Å²) in [5.74, 6) is 0. The van der Waals surface area contributed by atoms with Crippen molar-refractivity contribution >= 4 is 28.3 Å². The van der Waals surface area contributed by atoms with Gasteiger partial charge in [0.25, 0.3) is 0 Å². The van der Waals surface area contributed by atoms with Gasteiger partial charge in [-0.25, -0.2) is 13.2 Å². The van der Waals surface area contributed by atoms with Crippen molar-refractivity contribution in [1.82, 2.24) is 18.2 Å². The van der Waals surface area contributed by atoms with Crippen LogP contribution in [-0.2, 0) is 14.8 Å². The van der Waals surface area contributed by atoms with E-state index in [-0.39, 0.29) is 18.2 Å². The number of hydrogen-bond donors (Lipinski definition) is 1. The van der Waals surface area contributed by atoms with Gasteiger partial charge in [-0.15, -0.1) is 0 Å². The van der Waals surface area contributed by atoms with Crippen LogP contribution in [0.3, 0.4) is 0 Å². The Kier molecular flexibility index (Phi) is 5.03. The number of nitrogens with one attached hydrogen (secondary N) is 1. The summed E-state index contributed by atoms with van der Waals surface area (Å²) in [6.45, 7) is 4.54. The second kappa shape index (κ2) is 7.61. The van der Waals surface area contributed by atoms with E-state index in [0.717, 1.165) is 16.7 Å². The first kappa shape index (κ1) is 20.5. The molecule has 1 saturated heterocycles. The van der Waals surface area contributed by atoms with Crippen molar-refractivity contribution in [2.75, 3.05) is 13.1 Å². The second-order valence-corrected chi connectivity index (χ2v) is 10.8. The fraction of sp³-hybridized carbons (Fsp3) is 0.381. The van der Waals surface area contributed by atoms with Gasteiger partial charge in [0, 0.05) is 37.1 Å². The smallest absolute Gasteiger partial charge is 0.415 e. The predicted octanol–water partition coefficient (Wildman–Crippen LogP) is 3.11. The van der Waals surface area contributed by atoms with E-state index in [2.05, 4.69) is 4.72 Å². The Labute approximate surface area is 186 Å². The highest BCUT2D eigenvalue weighted by Gasteiger charge is 2.41. The van der Waals surface area contributed by atoms with Crippen molar-refractivity contribution in [1.29, 1.82) is 0 Å². The molecular formula is C21H24N4O4S2. The number of carbonyl (C=O) groups excluding carboxylic acids is 1. The molecule has 0 bridgehead atoms. The molecule has 0 saturated carbocycles. The molecule has 0 spiro atoms. The minimum absolute atomic E-state index is 0.0788. The number of sulfonamides is 1. The zero-order valence-electron chi connectivity index (χ0n) is 17.3. The molecule has 0 aromatic rings. The standard InChI is InChI=1S/C21H24N4O4S2/c1-14-3-4-18-16(11-14)13-29-21(26)25(18)17-6-8-23(9-7-17)31(27,28)20-15(2)5-10-24-19(20)12-22-30-24/h3-5,10-13,17-18,22H,6-9H2,1-2H3. The third kappa shape index (κ3) is 3.42. The molecule has 1 N–H and O–H groups in total. The molecule has 8 nitrogen and oxygen atoms in total. The Bertz CT molecular complexity index is 1110. The molecule has 31 heavy (non-hydrogen) atoms. The molecule has 0 aromatic heterocycles. The van der Waals surface area contributed by atoms with E-state index in [1.165, 1.54) is 22.7 Å². The topological polar surface area (TPSA) is 82.2 Å². The van der Waals surface area contributed by atoms with E-state index in [0.29, 0.717) is 36.5 Å². The van der Waals surface area contributed by atoms with Crippen LogP contribution in [0, 0.1) is 0 Å². The van der Waals surface area contributed by atoms with E-state index in [4.69, 9.17) is 4.74 Å². The van der Waals surface area contributed by atoms with Gasteiger partial charge in [0.15, 0.2) is 0 Å². The normalized spacial score (nSPS) is 26.7. The van der Waals surface area contributed by atoms with Crippen LogP contribution in [0.1, 0.15) is 26.7 Å². The lowest BCUT2D eigenvalue weighted by Crippen LogP contribution is -2.54. The Morgan fingerprint density at radius 3 is 2.74 bits per heavy atom. The van der Waals surface area contributed by atoms with Crippen LogP contribution in [0.5, 0.6) is 0 Å². The van der Waals surface area contributed by atoms with Gasteiger partial charge in [0.05, 0.1) is 23.9 Å². The van der Waals surface area contributed by atoms with Gasteiger partial charge in [-0.1, -0.05) is 23.8 Å². The molecule has 4 heterocycles. The summed E-state index contributed by atoms with van der Waals surface area (Å²) in [5.41, 5.74) is 3.42. The Balaban J connectivity index is 1.34. The summed E-state index contributed by atoms with van der Waals surface area (Å²) in [5, 5.41) is 0. The Morgan fingerprint density at radius 2 is 1.97 bits per heavy atom. The summed E-state index contributed by atoms with van der Waals surface area (Å²) in [6, 6.07) is -0.239. The number of piperidine rings is 1. The number of allylic oxidation sites excluding steroid dienone is 4. The quantitative estimate of drug-likeness (QED) is 0.648. The van der Waals surface area contributed by atoms with Gasteiger partial charge in [-0.2, -0.15) is 4.31 Å². The number of fused-ring (bicyclic) bond motifs is 2. The van der Waals surface area contributed by atoms with E-state index in [9.17, 15) is 13.2 Å². The maximum Gasteiger partial charge on any atom is 0.415 e. The molecule has 4 aliphatic heterocycles. The van der Waals surface area contributed by atoms with Crippen LogP contribution in [-0.4, -0.2) is 53.2 Å². The van der Waals surface area contributed by atoms with Crippen LogP contribution in [0.25, 0.3) is 0 Å². The van der Waals surface area contributed by atoms with Crippen molar-refractivity contribution in [3.63, 3.8) is 0 Å². The number of hydrogen-bond acceptors (Lipinski definition) is 7. The number of ether oxygens (including phenoxy) is 1. The molecular weight excluding hydrogens is 436 g/mol. The molecule has 1 aliphatic carbocycles. The van der Waals surface area contributed by atoms with E-state index in [1.807, 2.05) is 48.7 Å².